The average Bonchev–Trinajstić information content (AvgIpc) is 3.38. The third-order valence-electron chi connectivity index (χ3n) is 15.9. The van der Waals surface area contributed by atoms with Gasteiger partial charge in [0.2, 0.25) is 5.79 Å². The van der Waals surface area contributed by atoms with E-state index in [0.717, 1.165) is 31.3 Å². The van der Waals surface area contributed by atoms with E-state index in [0.29, 0.717) is 83.2 Å². The molecule has 1 amide bonds. The number of Topliss-reactive ketones (excluding diaryl/α,β-unsaturated/α-hetero) is 3. The quantitative estimate of drug-likeness (QED) is 0.0632. The van der Waals surface area contributed by atoms with E-state index in [1.165, 1.54) is 12.0 Å². The molecule has 74 heavy (non-hydrogen) atoms. The lowest BCUT2D eigenvalue weighted by atomic mass is 9.78. The molecule has 0 aromatic carbocycles. The van der Waals surface area contributed by atoms with Crippen molar-refractivity contribution in [2.24, 2.45) is 35.5 Å². The van der Waals surface area contributed by atoms with Crippen molar-refractivity contribution in [3.63, 3.8) is 0 Å². The van der Waals surface area contributed by atoms with E-state index >= 15 is 0 Å². The van der Waals surface area contributed by atoms with Crippen molar-refractivity contribution in [3.8, 4) is 0 Å². The van der Waals surface area contributed by atoms with Crippen LogP contribution < -0.4 is 0 Å². The summed E-state index contributed by atoms with van der Waals surface area (Å²) in [5.41, 5.74) is 1.28. The summed E-state index contributed by atoms with van der Waals surface area (Å²) in [5.74, 6) is -8.01. The number of nitrogens with zero attached hydrogens (tertiary/aromatic N) is 1. The summed E-state index contributed by atoms with van der Waals surface area (Å²) in [7, 11) is 4.69. The second kappa shape index (κ2) is 31.7. The molecule has 16 heteroatoms. The molecule has 3 N–H and O–H groups in total. The zero-order valence-corrected chi connectivity index (χ0v) is 46.4. The van der Waals surface area contributed by atoms with Crippen molar-refractivity contribution in [3.05, 3.63) is 47.6 Å². The molecule has 0 spiro atoms. The summed E-state index contributed by atoms with van der Waals surface area (Å²) in [6.07, 6.45) is 14.2. The van der Waals surface area contributed by atoms with Crippen molar-refractivity contribution >= 4 is 29.2 Å². The predicted octanol–water partition coefficient (Wildman–Crippen LogP) is 7.38. The summed E-state index contributed by atoms with van der Waals surface area (Å²) >= 11 is 0. The minimum absolute atomic E-state index is 0.00374. The molecule has 16 nitrogen and oxygen atoms in total. The number of carbonyl (C=O) groups excluding carboxylic acids is 5. The van der Waals surface area contributed by atoms with Crippen LogP contribution in [0.4, 0.5) is 0 Å². The molecule has 1 aliphatic carbocycles. The minimum atomic E-state index is -2.46. The molecule has 3 heterocycles. The number of allylic oxidation sites excluding steroid dienone is 6. The number of carbonyl (C=O) groups is 5. The number of rotatable bonds is 15. The highest BCUT2D eigenvalue weighted by molar-refractivity contribution is 6.39. The molecule has 15 atom stereocenters. The van der Waals surface area contributed by atoms with E-state index < -0.39 is 77.8 Å². The van der Waals surface area contributed by atoms with Crippen LogP contribution in [0.25, 0.3) is 0 Å². The molecule has 420 valence electrons. The van der Waals surface area contributed by atoms with E-state index in [4.69, 9.17) is 33.2 Å². The first-order valence-corrected chi connectivity index (χ1v) is 27.6. The van der Waals surface area contributed by atoms with Gasteiger partial charge in [0.1, 0.15) is 30.1 Å². The number of fused-ring (bicyclic) bond motifs is 3. The molecule has 4 aliphatic rings. The zero-order chi connectivity index (χ0) is 54.5. The van der Waals surface area contributed by atoms with Crippen molar-refractivity contribution < 1.29 is 72.5 Å². The Morgan fingerprint density at radius 1 is 0.811 bits per heavy atom. The number of ether oxygens (including phenoxy) is 7. The Morgan fingerprint density at radius 3 is 2.24 bits per heavy atom. The number of hydrogen-bond acceptors (Lipinski definition) is 15. The van der Waals surface area contributed by atoms with Gasteiger partial charge in [-0.25, -0.2) is 4.79 Å². The highest BCUT2D eigenvalue weighted by Crippen LogP contribution is 2.38. The van der Waals surface area contributed by atoms with Gasteiger partial charge < -0.3 is 53.4 Å². The molecule has 1 saturated carbocycles. The van der Waals surface area contributed by atoms with Gasteiger partial charge in [-0.1, -0.05) is 71.1 Å². The maximum Gasteiger partial charge on any atom is 0.329 e. The number of amides is 1. The molecule has 0 aromatic rings. The number of unbranched alkanes of at least 4 members (excludes halogenated alkanes) is 1. The number of ketones is 3. The second-order valence-electron chi connectivity index (χ2n) is 21.8. The van der Waals surface area contributed by atoms with Crippen LogP contribution in [0.2, 0.25) is 0 Å². The number of piperidine rings is 1. The Morgan fingerprint density at radius 2 is 1.54 bits per heavy atom. The Balaban J connectivity index is 1.71. The Hall–Kier alpha value is -3.45. The fourth-order valence-electron chi connectivity index (χ4n) is 11.1. The van der Waals surface area contributed by atoms with Gasteiger partial charge in [0.15, 0.2) is 5.78 Å². The Kier molecular flexibility index (Phi) is 27.0. The summed E-state index contributed by atoms with van der Waals surface area (Å²) < 4.78 is 41.8. The lowest BCUT2D eigenvalue weighted by Crippen LogP contribution is -2.61. The van der Waals surface area contributed by atoms with E-state index in [1.807, 2.05) is 58.1 Å². The van der Waals surface area contributed by atoms with Crippen LogP contribution in [-0.2, 0) is 57.1 Å². The van der Waals surface area contributed by atoms with Crippen LogP contribution in [0.15, 0.2) is 47.6 Å². The van der Waals surface area contributed by atoms with E-state index in [1.54, 1.807) is 41.1 Å². The zero-order valence-electron chi connectivity index (χ0n) is 46.4. The SMILES string of the molecule is COCCCCOC1C[C@@H]2CC[C@@H](C)[C@@](O)(O2)C(=O)C(=O)N2CCCC[C@H]2C(=O)O[C@H]([C@H](C)C[C@@H]2CC[C@@H](OCCCO)[C@H](OC)C2)CC(=O)[C@H](C)/C=C(\C)[C@@H](O)[C@@H](OC)C(=O)[C@H](C)C[C@H](C)/C=C/C=CC=C1C. The second-order valence-corrected chi connectivity index (χ2v) is 21.8. The number of aliphatic hydroxyl groups is 3. The normalized spacial score (nSPS) is 35.8. The van der Waals surface area contributed by atoms with Gasteiger partial charge in [0.05, 0.1) is 24.4 Å². The van der Waals surface area contributed by atoms with Crippen LogP contribution in [0.3, 0.4) is 0 Å². The monoisotopic (exact) mass is 1040 g/mol. The average molecular weight is 1040 g/mol. The molecular weight excluding hydrogens is 951 g/mol. The molecule has 4 rings (SSSR count). The fraction of sp³-hybridized carbons (Fsp3) is 0.776. The maximum atomic E-state index is 14.6. The number of hydrogen-bond donors (Lipinski definition) is 3. The van der Waals surface area contributed by atoms with E-state index in [9.17, 15) is 39.3 Å². The highest BCUT2D eigenvalue weighted by Gasteiger charge is 2.53. The number of cyclic esters (lactones) is 1. The van der Waals surface area contributed by atoms with Crippen LogP contribution in [0, 0.1) is 35.5 Å². The largest absolute Gasteiger partial charge is 0.460 e. The van der Waals surface area contributed by atoms with Crippen LogP contribution in [0.1, 0.15) is 145 Å². The minimum Gasteiger partial charge on any atom is -0.460 e. The molecule has 2 saturated heterocycles. The fourth-order valence-corrected chi connectivity index (χ4v) is 11.1. The standard InChI is InChI=1S/C58H93NO15/c1-37-19-12-11-13-20-38(2)49(72-29-17-16-28-68-8)35-45-24-22-43(7)58(67,74-45)55(64)56(65)59-26-15-14-21-46(59)57(66)73-50(40(4)33-44-23-25-48(51(34-44)69-9)71-30-18-27-60)36-47(61)39(3)32-42(6)53(63)54(70-10)52(62)41(5)31-37/h11-13,19-20,32,37,39-41,43-46,48-51,53-54,60,63,67H,14-18,21-31,33-36H2,1-10H3/b13-11?,19-12+,38-20?,42-32+/t37-,39-,40-,41-,43-,44+,45+,46+,48-,49?,50+,51-,53-,54+,58-/m1/s1. The van der Waals surface area contributed by atoms with Gasteiger partial charge in [-0.05, 0) is 126 Å². The Bertz CT molecular complexity index is 1910. The van der Waals surface area contributed by atoms with Crippen molar-refractivity contribution in [1.29, 1.82) is 0 Å². The number of aliphatic hydroxyl groups excluding tert-OH is 2. The van der Waals surface area contributed by atoms with Gasteiger partial charge >= 0.3 is 5.97 Å². The van der Waals surface area contributed by atoms with E-state index in [-0.39, 0.29) is 67.5 Å². The number of esters is 1. The first-order chi connectivity index (χ1) is 35.3. The first-order valence-electron chi connectivity index (χ1n) is 27.6. The van der Waals surface area contributed by atoms with Crippen molar-refractivity contribution in [1.82, 2.24) is 4.90 Å². The van der Waals surface area contributed by atoms with Crippen LogP contribution >= 0.6 is 0 Å². The summed E-state index contributed by atoms with van der Waals surface area (Å²) in [6.45, 7) is 14.3. The smallest absolute Gasteiger partial charge is 0.329 e. The molecule has 3 fully saturated rings. The van der Waals surface area contributed by atoms with Gasteiger partial charge in [-0.15, -0.1) is 0 Å². The first kappa shape index (κ1) is 63.1. The van der Waals surface area contributed by atoms with Gasteiger partial charge in [0, 0.05) is 84.9 Å². The molecule has 2 bridgehead atoms. The molecular formula is C58H93NO15. The van der Waals surface area contributed by atoms with Crippen molar-refractivity contribution in [2.75, 3.05) is 54.3 Å². The topological polar surface area (TPSA) is 214 Å². The molecule has 0 radical (unpaired) electrons. The summed E-state index contributed by atoms with van der Waals surface area (Å²) in [6, 6.07) is -1.15. The van der Waals surface area contributed by atoms with Gasteiger partial charge in [-0.2, -0.15) is 0 Å². The van der Waals surface area contributed by atoms with Crippen LogP contribution in [-0.4, -0.2) is 158 Å². The lowest BCUT2D eigenvalue weighted by Gasteiger charge is -2.43. The third kappa shape index (κ3) is 18.4. The van der Waals surface area contributed by atoms with E-state index in [2.05, 4.69) is 0 Å². The lowest BCUT2D eigenvalue weighted by molar-refractivity contribution is -0.266. The van der Waals surface area contributed by atoms with Crippen molar-refractivity contribution in [2.45, 2.75) is 199 Å². The molecule has 1 unspecified atom stereocenters. The third-order valence-corrected chi connectivity index (χ3v) is 15.9. The maximum absolute atomic E-state index is 14.6. The van der Waals surface area contributed by atoms with Crippen LogP contribution in [0.5, 0.6) is 0 Å². The van der Waals surface area contributed by atoms with Gasteiger partial charge in [-0.3, -0.25) is 19.2 Å². The highest BCUT2D eigenvalue weighted by atomic mass is 16.6. The Labute approximate surface area is 442 Å². The predicted molar refractivity (Wildman–Crippen MR) is 281 cm³/mol. The summed E-state index contributed by atoms with van der Waals surface area (Å²) in [4.78, 5) is 72.9. The summed E-state index contributed by atoms with van der Waals surface area (Å²) in [5, 5.41) is 33.0. The van der Waals surface area contributed by atoms with Gasteiger partial charge in [0.25, 0.3) is 11.7 Å². The molecule has 0 aromatic heterocycles. The number of methoxy groups -OCH3 is 3. The molecule has 3 aliphatic heterocycles.